The number of primary sulfonamides is 1. The van der Waals surface area contributed by atoms with E-state index in [4.69, 9.17) is 5.14 Å². The molecule has 0 aliphatic rings. The Morgan fingerprint density at radius 2 is 1.83 bits per heavy atom. The summed E-state index contributed by atoms with van der Waals surface area (Å²) >= 11 is 3.37. The lowest BCUT2D eigenvalue weighted by Crippen LogP contribution is -2.30. The molecule has 0 unspecified atom stereocenters. The van der Waals surface area contributed by atoms with Gasteiger partial charge in [0.05, 0.1) is 4.90 Å². The minimum Gasteiger partial charge on any atom is -0.338 e. The van der Waals surface area contributed by atoms with E-state index in [0.717, 1.165) is 21.3 Å². The van der Waals surface area contributed by atoms with E-state index in [1.807, 2.05) is 25.1 Å². The molecule has 0 saturated heterocycles. The molecule has 128 valence electrons. The Balaban J connectivity index is 1.85. The molecule has 0 aliphatic carbocycles. The fourth-order valence-corrected chi connectivity index (χ4v) is 2.94. The number of halogens is 1. The van der Waals surface area contributed by atoms with Gasteiger partial charge in [0.2, 0.25) is 10.0 Å². The van der Waals surface area contributed by atoms with Crippen molar-refractivity contribution in [3.63, 3.8) is 0 Å². The average Bonchev–Trinajstić information content (AvgIpc) is 2.50. The summed E-state index contributed by atoms with van der Waals surface area (Å²) in [5.74, 6) is 0. The molecule has 8 heteroatoms. The SMILES string of the molecule is Cc1ccc(Br)cc1NC(=O)NCCc1ccc(S(N)(=O)=O)cc1. The minimum absolute atomic E-state index is 0.0714. The maximum atomic E-state index is 11.9. The molecule has 0 heterocycles. The van der Waals surface area contributed by atoms with Crippen LogP contribution >= 0.6 is 15.9 Å². The number of benzene rings is 2. The van der Waals surface area contributed by atoms with Crippen LogP contribution in [0.5, 0.6) is 0 Å². The first-order valence-corrected chi connectivity index (χ1v) is 9.52. The van der Waals surface area contributed by atoms with Crippen LogP contribution in [-0.4, -0.2) is 21.0 Å². The molecule has 4 N–H and O–H groups in total. The number of aryl methyl sites for hydroxylation is 1. The second kappa shape index (κ2) is 7.78. The number of rotatable bonds is 5. The van der Waals surface area contributed by atoms with Crippen molar-refractivity contribution in [2.45, 2.75) is 18.2 Å². The fraction of sp³-hybridized carbons (Fsp3) is 0.188. The van der Waals surface area contributed by atoms with Crippen LogP contribution in [0.1, 0.15) is 11.1 Å². The molecule has 0 bridgehead atoms. The van der Waals surface area contributed by atoms with Crippen molar-refractivity contribution in [2.75, 3.05) is 11.9 Å². The number of carbonyl (C=O) groups excluding carboxylic acids is 1. The van der Waals surface area contributed by atoms with Crippen molar-refractivity contribution in [1.29, 1.82) is 0 Å². The standard InChI is InChI=1S/C16H18BrN3O3S/c1-11-2-5-13(17)10-15(11)20-16(21)19-9-8-12-3-6-14(7-4-12)24(18,22)23/h2-7,10H,8-9H2,1H3,(H2,18,22,23)(H2,19,20,21). The Bertz CT molecular complexity index is 836. The molecule has 0 aliphatic heterocycles. The quantitative estimate of drug-likeness (QED) is 0.704. The van der Waals surface area contributed by atoms with E-state index < -0.39 is 10.0 Å². The molecule has 0 fully saturated rings. The molecular formula is C16H18BrN3O3S. The summed E-state index contributed by atoms with van der Waals surface area (Å²) in [5, 5.41) is 10.6. The molecule has 2 aromatic carbocycles. The van der Waals surface area contributed by atoms with Crippen molar-refractivity contribution >= 4 is 37.7 Å². The zero-order chi connectivity index (χ0) is 17.7. The third-order valence-electron chi connectivity index (χ3n) is 3.40. The van der Waals surface area contributed by atoms with Gasteiger partial charge in [-0.25, -0.2) is 18.4 Å². The van der Waals surface area contributed by atoms with E-state index in [9.17, 15) is 13.2 Å². The molecule has 0 atom stereocenters. The average molecular weight is 412 g/mol. The van der Waals surface area contributed by atoms with Crippen LogP contribution in [-0.2, 0) is 16.4 Å². The number of hydrogen-bond acceptors (Lipinski definition) is 3. The van der Waals surface area contributed by atoms with Crippen molar-refractivity contribution < 1.29 is 13.2 Å². The van der Waals surface area contributed by atoms with Crippen molar-refractivity contribution in [3.05, 3.63) is 58.1 Å². The lowest BCUT2D eigenvalue weighted by Gasteiger charge is -2.10. The number of amides is 2. The highest BCUT2D eigenvalue weighted by Gasteiger charge is 2.07. The second-order valence-electron chi connectivity index (χ2n) is 5.28. The fourth-order valence-electron chi connectivity index (χ4n) is 2.06. The van der Waals surface area contributed by atoms with E-state index in [1.54, 1.807) is 12.1 Å². The first kappa shape index (κ1) is 18.4. The van der Waals surface area contributed by atoms with Crippen LogP contribution in [0.3, 0.4) is 0 Å². The van der Waals surface area contributed by atoms with Gasteiger partial charge in [0, 0.05) is 16.7 Å². The van der Waals surface area contributed by atoms with Gasteiger partial charge >= 0.3 is 6.03 Å². The van der Waals surface area contributed by atoms with E-state index in [-0.39, 0.29) is 10.9 Å². The van der Waals surface area contributed by atoms with Crippen LogP contribution in [0, 0.1) is 6.92 Å². The third-order valence-corrected chi connectivity index (χ3v) is 4.82. The largest absolute Gasteiger partial charge is 0.338 e. The summed E-state index contributed by atoms with van der Waals surface area (Å²) in [6.45, 7) is 2.34. The third kappa shape index (κ3) is 5.33. The lowest BCUT2D eigenvalue weighted by molar-refractivity contribution is 0.252. The van der Waals surface area contributed by atoms with Gasteiger partial charge in [0.25, 0.3) is 0 Å². The Hall–Kier alpha value is -1.90. The highest BCUT2D eigenvalue weighted by atomic mass is 79.9. The summed E-state index contributed by atoms with van der Waals surface area (Å²) in [5.41, 5.74) is 2.60. The molecule has 2 rings (SSSR count). The van der Waals surface area contributed by atoms with E-state index in [1.165, 1.54) is 12.1 Å². The van der Waals surface area contributed by atoms with E-state index in [0.29, 0.717) is 13.0 Å². The number of urea groups is 1. The van der Waals surface area contributed by atoms with Crippen LogP contribution in [0.25, 0.3) is 0 Å². The summed E-state index contributed by atoms with van der Waals surface area (Å²) in [6.07, 6.45) is 0.579. The summed E-state index contributed by atoms with van der Waals surface area (Å²) in [6, 6.07) is 11.6. The Kier molecular flexibility index (Phi) is 5.98. The highest BCUT2D eigenvalue weighted by molar-refractivity contribution is 9.10. The van der Waals surface area contributed by atoms with Gasteiger partial charge in [-0.1, -0.05) is 34.1 Å². The first-order valence-electron chi connectivity index (χ1n) is 7.18. The molecule has 6 nitrogen and oxygen atoms in total. The Morgan fingerprint density at radius 3 is 2.46 bits per heavy atom. The van der Waals surface area contributed by atoms with Gasteiger partial charge in [-0.05, 0) is 48.7 Å². The van der Waals surface area contributed by atoms with Gasteiger partial charge < -0.3 is 10.6 Å². The van der Waals surface area contributed by atoms with Crippen LogP contribution in [0.2, 0.25) is 0 Å². The smallest absolute Gasteiger partial charge is 0.319 e. The van der Waals surface area contributed by atoms with Crippen molar-refractivity contribution in [3.8, 4) is 0 Å². The lowest BCUT2D eigenvalue weighted by atomic mass is 10.1. The predicted molar refractivity (Wildman–Crippen MR) is 97.4 cm³/mol. The molecule has 0 saturated carbocycles. The maximum absolute atomic E-state index is 11.9. The topological polar surface area (TPSA) is 101 Å². The number of sulfonamides is 1. The first-order chi connectivity index (χ1) is 11.3. The molecule has 0 spiro atoms. The molecule has 2 aromatic rings. The van der Waals surface area contributed by atoms with Gasteiger partial charge in [0.1, 0.15) is 0 Å². The Morgan fingerprint density at radius 1 is 1.17 bits per heavy atom. The van der Waals surface area contributed by atoms with Crippen LogP contribution < -0.4 is 15.8 Å². The van der Waals surface area contributed by atoms with Gasteiger partial charge in [-0.15, -0.1) is 0 Å². The van der Waals surface area contributed by atoms with Gasteiger partial charge in [-0.2, -0.15) is 0 Å². The maximum Gasteiger partial charge on any atom is 0.319 e. The molecule has 2 amide bonds. The van der Waals surface area contributed by atoms with Gasteiger partial charge in [-0.3, -0.25) is 0 Å². The zero-order valence-corrected chi connectivity index (χ0v) is 15.4. The van der Waals surface area contributed by atoms with E-state index >= 15 is 0 Å². The zero-order valence-electron chi connectivity index (χ0n) is 13.0. The molecular weight excluding hydrogens is 394 g/mol. The van der Waals surface area contributed by atoms with Crippen molar-refractivity contribution in [2.24, 2.45) is 5.14 Å². The molecule has 24 heavy (non-hydrogen) atoms. The van der Waals surface area contributed by atoms with Gasteiger partial charge in [0.15, 0.2) is 0 Å². The summed E-state index contributed by atoms with van der Waals surface area (Å²) in [7, 11) is -3.68. The van der Waals surface area contributed by atoms with Crippen LogP contribution in [0.4, 0.5) is 10.5 Å². The predicted octanol–water partition coefficient (Wildman–Crippen LogP) is 2.77. The second-order valence-corrected chi connectivity index (χ2v) is 7.76. The van der Waals surface area contributed by atoms with Crippen molar-refractivity contribution in [1.82, 2.24) is 5.32 Å². The number of carbonyl (C=O) groups is 1. The summed E-state index contributed by atoms with van der Waals surface area (Å²) in [4.78, 5) is 12.0. The summed E-state index contributed by atoms with van der Waals surface area (Å²) < 4.78 is 23.3. The number of nitrogens with one attached hydrogen (secondary N) is 2. The van der Waals surface area contributed by atoms with Crippen LogP contribution in [0.15, 0.2) is 51.8 Å². The highest BCUT2D eigenvalue weighted by Crippen LogP contribution is 2.20. The monoisotopic (exact) mass is 411 g/mol. The minimum atomic E-state index is -3.68. The number of hydrogen-bond donors (Lipinski definition) is 3. The number of anilines is 1. The molecule has 0 aromatic heterocycles. The van der Waals surface area contributed by atoms with E-state index in [2.05, 4.69) is 26.6 Å². The number of nitrogens with two attached hydrogens (primary N) is 1. The Labute approximate surface area is 149 Å². The molecule has 0 radical (unpaired) electrons. The normalized spacial score (nSPS) is 11.1.